The number of amides is 2. The smallest absolute Gasteiger partial charge is 0.352 e. The predicted molar refractivity (Wildman–Crippen MR) is 136 cm³/mol. The molecule has 2 atom stereocenters. The number of oxime groups is 1. The van der Waals surface area contributed by atoms with Crippen molar-refractivity contribution in [3.05, 3.63) is 54.0 Å². The number of nitrogen functional groups attached to an aromatic ring is 1. The molecule has 0 aromatic carbocycles. The average Bonchev–Trinajstić information content (AvgIpc) is 3.57. The molecule has 2 aliphatic heterocycles. The third kappa shape index (κ3) is 5.20. The van der Waals surface area contributed by atoms with Crippen molar-refractivity contribution in [1.29, 1.82) is 0 Å². The van der Waals surface area contributed by atoms with Gasteiger partial charge in [-0.3, -0.25) is 14.5 Å². The van der Waals surface area contributed by atoms with Gasteiger partial charge >= 0.3 is 11.9 Å². The molecule has 2 amide bonds. The number of oxazole rings is 1. The van der Waals surface area contributed by atoms with E-state index in [0.29, 0.717) is 16.9 Å². The van der Waals surface area contributed by atoms with Gasteiger partial charge in [-0.15, -0.1) is 11.8 Å². The van der Waals surface area contributed by atoms with Crippen molar-refractivity contribution >= 4 is 58.2 Å². The molecule has 5 rings (SSSR count). The normalized spacial score (nSPS) is 18.8. The number of aliphatic carboxylic acids is 1. The number of nitrogens with one attached hydrogen (secondary N) is 1. The summed E-state index contributed by atoms with van der Waals surface area (Å²) in [5.74, 6) is -3.15. The van der Waals surface area contributed by atoms with Crippen LogP contribution in [0, 0.1) is 0 Å². The van der Waals surface area contributed by atoms with Crippen LogP contribution in [0.25, 0.3) is 11.0 Å². The summed E-state index contributed by atoms with van der Waals surface area (Å²) in [6.07, 6.45) is 6.16. The van der Waals surface area contributed by atoms with E-state index in [9.17, 15) is 24.3 Å². The van der Waals surface area contributed by atoms with Gasteiger partial charge in [0.25, 0.3) is 17.8 Å². The topological polar surface area (TPSA) is 204 Å². The Morgan fingerprint density at radius 1 is 1.35 bits per heavy atom. The Labute approximate surface area is 229 Å². The number of carboxylic acids is 1. The average molecular weight is 572 g/mol. The molecule has 0 radical (unpaired) electrons. The Morgan fingerprint density at radius 3 is 2.90 bits per heavy atom. The highest BCUT2D eigenvalue weighted by Crippen LogP contribution is 2.40. The molecule has 208 valence electrons. The number of nitrogens with two attached hydrogens (primary N) is 1. The van der Waals surface area contributed by atoms with Crippen LogP contribution in [0.2, 0.25) is 0 Å². The number of rotatable bonds is 10. The van der Waals surface area contributed by atoms with Gasteiger partial charge in [0, 0.05) is 22.8 Å². The zero-order chi connectivity index (χ0) is 28.4. The van der Waals surface area contributed by atoms with Gasteiger partial charge in [-0.05, 0) is 13.0 Å². The van der Waals surface area contributed by atoms with Crippen LogP contribution in [0.1, 0.15) is 12.6 Å². The maximum absolute atomic E-state index is 13.1. The highest BCUT2D eigenvalue weighted by Gasteiger charge is 2.54. The molecule has 1 saturated heterocycles. The van der Waals surface area contributed by atoms with Crippen molar-refractivity contribution in [2.75, 3.05) is 24.7 Å². The Kier molecular flexibility index (Phi) is 7.41. The van der Waals surface area contributed by atoms with Crippen LogP contribution in [0.3, 0.4) is 0 Å². The molecule has 16 heteroatoms. The lowest BCUT2D eigenvalue weighted by atomic mass is 10.0. The summed E-state index contributed by atoms with van der Waals surface area (Å²) in [5, 5.41) is 16.4. The summed E-state index contributed by atoms with van der Waals surface area (Å²) in [6, 6.07) is 2.36. The standard InChI is InChI=1S/C24H22N6O9S/c1-2-36-16(31)10-39-28-17(14-9-38-24(25)26-14)20(32)27-18-21(33)30-19(23(34)35)13(11-40-22(18)30)7-29-5-3-12-4-6-37-15(12)8-29/h3-6,8-9,18,22H,2,7,10-11H2,1H3,(H3-,25,26,27,32,34,35)/p+1/b28-17+/t18?,22-/m1/s1. The van der Waals surface area contributed by atoms with Crippen LogP contribution in [0.5, 0.6) is 0 Å². The molecule has 4 N–H and O–H groups in total. The van der Waals surface area contributed by atoms with Crippen molar-refractivity contribution in [2.24, 2.45) is 5.16 Å². The number of β-lactam (4-membered cyclic amide) rings is 1. The Morgan fingerprint density at radius 2 is 2.17 bits per heavy atom. The molecule has 3 aromatic heterocycles. The van der Waals surface area contributed by atoms with Gasteiger partial charge in [-0.1, -0.05) is 5.16 Å². The van der Waals surface area contributed by atoms with Crippen LogP contribution in [0.15, 0.2) is 62.3 Å². The first-order chi connectivity index (χ1) is 19.3. The third-order valence-corrected chi connectivity index (χ3v) is 7.33. The van der Waals surface area contributed by atoms with Gasteiger partial charge < -0.3 is 34.6 Å². The maximum atomic E-state index is 13.1. The number of fused-ring (bicyclic) bond motifs is 2. The number of hydrogen-bond acceptors (Lipinski definition) is 12. The fourth-order valence-corrected chi connectivity index (χ4v) is 5.56. The highest BCUT2D eigenvalue weighted by molar-refractivity contribution is 8.00. The summed E-state index contributed by atoms with van der Waals surface area (Å²) in [4.78, 5) is 59.9. The lowest BCUT2D eigenvalue weighted by Gasteiger charge is -2.49. The first-order valence-corrected chi connectivity index (χ1v) is 13.0. The van der Waals surface area contributed by atoms with Crippen molar-refractivity contribution in [3.8, 4) is 0 Å². The third-order valence-electron chi connectivity index (χ3n) is 5.99. The lowest BCUT2D eigenvalue weighted by Crippen LogP contribution is -2.71. The highest BCUT2D eigenvalue weighted by atomic mass is 32.2. The van der Waals surface area contributed by atoms with Gasteiger partial charge in [0.15, 0.2) is 24.0 Å². The fraction of sp³-hybridized carbons (Fsp3) is 0.292. The van der Waals surface area contributed by atoms with E-state index in [1.54, 1.807) is 30.1 Å². The zero-order valence-corrected chi connectivity index (χ0v) is 21.8. The predicted octanol–water partition coefficient (Wildman–Crippen LogP) is 0.0131. The number of nitrogens with zero attached hydrogens (tertiary/aromatic N) is 4. The van der Waals surface area contributed by atoms with Gasteiger partial charge in [-0.2, -0.15) is 9.55 Å². The summed E-state index contributed by atoms with van der Waals surface area (Å²) in [7, 11) is 0. The number of esters is 1. The second kappa shape index (κ2) is 11.1. The summed E-state index contributed by atoms with van der Waals surface area (Å²) < 4.78 is 16.9. The van der Waals surface area contributed by atoms with E-state index in [-0.39, 0.29) is 30.6 Å². The largest absolute Gasteiger partial charge is 0.477 e. The number of aromatic nitrogens is 2. The monoisotopic (exact) mass is 571 g/mol. The summed E-state index contributed by atoms with van der Waals surface area (Å²) in [5.41, 5.74) is 6.03. The zero-order valence-electron chi connectivity index (χ0n) is 20.9. The first-order valence-electron chi connectivity index (χ1n) is 11.9. The van der Waals surface area contributed by atoms with Gasteiger partial charge in [-0.25, -0.2) is 9.59 Å². The van der Waals surface area contributed by atoms with E-state index in [4.69, 9.17) is 24.1 Å². The number of hydrogen-bond donors (Lipinski definition) is 3. The molecule has 3 aromatic rings. The number of carbonyl (C=O) groups excluding carboxylic acids is 3. The minimum atomic E-state index is -1.26. The van der Waals surface area contributed by atoms with Crippen LogP contribution >= 0.6 is 11.8 Å². The number of pyridine rings is 1. The number of anilines is 1. The Bertz CT molecular complexity index is 1560. The minimum Gasteiger partial charge on any atom is -0.477 e. The van der Waals surface area contributed by atoms with Gasteiger partial charge in [0.2, 0.25) is 12.8 Å². The number of carbonyl (C=O) groups is 4. The van der Waals surface area contributed by atoms with E-state index >= 15 is 0 Å². The van der Waals surface area contributed by atoms with Gasteiger partial charge in [0.1, 0.15) is 29.1 Å². The molecule has 1 unspecified atom stereocenters. The van der Waals surface area contributed by atoms with E-state index in [1.165, 1.54) is 11.8 Å². The molecular formula is C24H23N6O9S+. The van der Waals surface area contributed by atoms with Crippen LogP contribution in [0.4, 0.5) is 6.01 Å². The maximum Gasteiger partial charge on any atom is 0.352 e. The number of thioether (sulfide) groups is 1. The van der Waals surface area contributed by atoms with Crippen molar-refractivity contribution < 1.29 is 47.3 Å². The molecule has 0 saturated carbocycles. The summed E-state index contributed by atoms with van der Waals surface area (Å²) >= 11 is 1.31. The Balaban J connectivity index is 1.32. The van der Waals surface area contributed by atoms with Crippen LogP contribution in [-0.4, -0.2) is 74.8 Å². The molecule has 5 heterocycles. The van der Waals surface area contributed by atoms with Crippen molar-refractivity contribution in [2.45, 2.75) is 24.9 Å². The lowest BCUT2D eigenvalue weighted by molar-refractivity contribution is -0.688. The van der Waals surface area contributed by atoms with E-state index in [2.05, 4.69) is 15.5 Å². The quantitative estimate of drug-likeness (QED) is 0.0968. The SMILES string of the molecule is CCOC(=O)CO/N=C(/C(=O)NC1C(=O)N2C(C(=O)O)=C(C[n+]3ccc4ccoc4c3)CS[C@H]12)c1coc(N)n1. The number of furan rings is 1. The van der Waals surface area contributed by atoms with Crippen LogP contribution < -0.4 is 15.6 Å². The molecule has 40 heavy (non-hydrogen) atoms. The molecule has 2 aliphatic rings. The molecule has 1 fully saturated rings. The minimum absolute atomic E-state index is 0.0993. The van der Waals surface area contributed by atoms with Crippen molar-refractivity contribution in [3.63, 3.8) is 0 Å². The molecule has 0 bridgehead atoms. The van der Waals surface area contributed by atoms with E-state index < -0.39 is 47.5 Å². The Hall–Kier alpha value is -4.86. The van der Waals surface area contributed by atoms with Gasteiger partial charge in [0.05, 0.1) is 12.9 Å². The molecular weight excluding hydrogens is 548 g/mol. The van der Waals surface area contributed by atoms with Crippen molar-refractivity contribution in [1.82, 2.24) is 15.2 Å². The summed E-state index contributed by atoms with van der Waals surface area (Å²) in [6.45, 7) is 1.39. The van der Waals surface area contributed by atoms with E-state index in [1.807, 2.05) is 12.1 Å². The fourth-order valence-electron chi connectivity index (χ4n) is 4.23. The van der Waals surface area contributed by atoms with Crippen LogP contribution in [-0.2, 0) is 35.3 Å². The van der Waals surface area contributed by atoms with E-state index in [0.717, 1.165) is 16.5 Å². The first kappa shape index (κ1) is 26.7. The second-order valence-corrected chi connectivity index (χ2v) is 9.67. The second-order valence-electron chi connectivity index (χ2n) is 8.56. The molecule has 15 nitrogen and oxygen atoms in total. The molecule has 0 spiro atoms. The molecule has 0 aliphatic carbocycles. The number of carboxylic acid groups (broad SMARTS) is 1. The number of ether oxygens (including phenoxy) is 1.